The molecule has 6 aromatic carbocycles. The summed E-state index contributed by atoms with van der Waals surface area (Å²) in [6, 6.07) is 41.2. The van der Waals surface area contributed by atoms with Crippen LogP contribution in [0.25, 0.3) is 43.8 Å². The molecular formula is C54H70Cl2SiZr-4. The molecule has 0 spiro atoms. The number of benzene rings is 4. The van der Waals surface area contributed by atoms with Crippen LogP contribution in [-0.4, -0.2) is 6.88 Å². The minimum absolute atomic E-state index is 0. The molecule has 0 nitrogen and oxygen atoms in total. The van der Waals surface area contributed by atoms with Gasteiger partial charge < -0.3 is 14.9 Å². The quantitative estimate of drug-likeness (QED) is 0.115. The Morgan fingerprint density at radius 1 is 0.483 bits per heavy atom. The molecule has 2 aliphatic carbocycles. The molecule has 0 N–H and O–H groups in total. The Morgan fingerprint density at radius 3 is 1.12 bits per heavy atom. The van der Waals surface area contributed by atoms with Crippen molar-refractivity contribution >= 4 is 53.2 Å². The Hall–Kier alpha value is -2.22. The van der Waals surface area contributed by atoms with Crippen molar-refractivity contribution in [1.82, 2.24) is 0 Å². The van der Waals surface area contributed by atoms with Gasteiger partial charge in [0.05, 0.1) is 0 Å². The number of aryl methyl sites for hydroxylation is 2. The van der Waals surface area contributed by atoms with Crippen molar-refractivity contribution in [3.63, 3.8) is 0 Å². The van der Waals surface area contributed by atoms with E-state index in [9.17, 15) is 0 Å². The van der Waals surface area contributed by atoms with Crippen LogP contribution in [0.4, 0.5) is 0 Å². The van der Waals surface area contributed by atoms with Crippen molar-refractivity contribution in [3.05, 3.63) is 146 Å². The van der Waals surface area contributed by atoms with E-state index in [2.05, 4.69) is 144 Å². The predicted molar refractivity (Wildman–Crippen MR) is 261 cm³/mol. The van der Waals surface area contributed by atoms with Crippen LogP contribution >= 0.6 is 24.8 Å². The second-order valence-electron chi connectivity index (χ2n) is 17.6. The summed E-state index contributed by atoms with van der Waals surface area (Å²) in [4.78, 5) is 0. The molecule has 2 saturated carbocycles. The first-order chi connectivity index (χ1) is 26.3. The van der Waals surface area contributed by atoms with Gasteiger partial charge in [-0.1, -0.05) is 161 Å². The fourth-order valence-corrected chi connectivity index (χ4v) is 9.62. The second-order valence-corrected chi connectivity index (χ2v) is 17.6. The Labute approximate surface area is 383 Å². The molecule has 0 bridgehead atoms. The molecule has 0 aliphatic heterocycles. The average molecular weight is 909 g/mol. The van der Waals surface area contributed by atoms with Crippen molar-refractivity contribution in [2.24, 2.45) is 10.8 Å². The summed E-state index contributed by atoms with van der Waals surface area (Å²) in [5.41, 5.74) is 12.1. The van der Waals surface area contributed by atoms with E-state index >= 15 is 0 Å². The molecule has 0 heterocycles. The fraction of sp³-hybridized carbons (Fsp3) is 0.407. The van der Waals surface area contributed by atoms with E-state index in [-0.39, 0.29) is 39.7 Å². The molecule has 0 aromatic heterocycles. The molecule has 0 saturated heterocycles. The van der Waals surface area contributed by atoms with E-state index < -0.39 is 0 Å². The molecule has 0 atom stereocenters. The molecule has 6 aromatic rings. The Balaban J connectivity index is 0.000000360. The maximum atomic E-state index is 3.06. The molecule has 312 valence electrons. The zero-order valence-electron chi connectivity index (χ0n) is 36.5. The summed E-state index contributed by atoms with van der Waals surface area (Å²) in [5, 5.41) is 5.63. The van der Waals surface area contributed by atoms with Gasteiger partial charge in [0, 0.05) is 0 Å². The van der Waals surface area contributed by atoms with E-state index in [1.807, 2.05) is 0 Å². The van der Waals surface area contributed by atoms with Crippen LogP contribution in [0.1, 0.15) is 126 Å². The third-order valence-electron chi connectivity index (χ3n) is 12.7. The van der Waals surface area contributed by atoms with Crippen LogP contribution in [0.5, 0.6) is 0 Å². The zero-order chi connectivity index (χ0) is 38.0. The van der Waals surface area contributed by atoms with Crippen LogP contribution in [0, 0.1) is 39.5 Å². The van der Waals surface area contributed by atoms with Gasteiger partial charge in [0.2, 0.25) is 0 Å². The van der Waals surface area contributed by atoms with Gasteiger partial charge in [-0.05, 0) is 74.3 Å². The molecule has 0 amide bonds. The van der Waals surface area contributed by atoms with E-state index in [4.69, 9.17) is 0 Å². The Kier molecular flexibility index (Phi) is 22.3. The van der Waals surface area contributed by atoms with Gasteiger partial charge in [0.25, 0.3) is 0 Å². The molecule has 58 heavy (non-hydrogen) atoms. The first-order valence-electron chi connectivity index (χ1n) is 21.0. The van der Waals surface area contributed by atoms with Gasteiger partial charge in [-0.3, -0.25) is 0 Å². The van der Waals surface area contributed by atoms with Crippen molar-refractivity contribution in [2.75, 3.05) is 0 Å². The molecule has 0 unspecified atom stereocenters. The molecule has 4 heteroatoms. The number of hydrogen-bond acceptors (Lipinski definition) is 0. The number of halogens is 2. The topological polar surface area (TPSA) is 0 Å². The maximum absolute atomic E-state index is 3.06. The molecule has 8 rings (SSSR count). The predicted octanol–water partition coefficient (Wildman–Crippen LogP) is 17.0. The van der Waals surface area contributed by atoms with Crippen LogP contribution in [0.15, 0.2) is 109 Å². The molecule has 2 radical (unpaired) electrons. The van der Waals surface area contributed by atoms with E-state index in [1.165, 1.54) is 192 Å². The van der Waals surface area contributed by atoms with Crippen molar-refractivity contribution < 1.29 is 23.3 Å². The number of hydrogen-bond donors (Lipinski definition) is 0. The summed E-state index contributed by atoms with van der Waals surface area (Å²) in [7, 11) is 0. The summed E-state index contributed by atoms with van der Waals surface area (Å²) >= 11 is 1.36. The summed E-state index contributed by atoms with van der Waals surface area (Å²) in [6.07, 6.45) is 22.2. The minimum atomic E-state index is 0. The zero-order valence-corrected chi connectivity index (χ0v) is 41.6. The molecule has 2 aliphatic rings. The SMILES string of the molecule is Cc1ccc(-c2cccc3[cH-]c(CC4(C)CCCCCCC4)cc23)cc1.Cc1ccc(-c2cccc3[cH-]c(CC4(C)CCCCCCC4)cc23)cc1.Cl.Cl.[CH3-].[CH3-].[Si]=[Zr]. The van der Waals surface area contributed by atoms with Crippen LogP contribution in [0.3, 0.4) is 0 Å². The summed E-state index contributed by atoms with van der Waals surface area (Å²) in [6.45, 7) is 12.4. The van der Waals surface area contributed by atoms with E-state index in [1.54, 1.807) is 0 Å². The van der Waals surface area contributed by atoms with Gasteiger partial charge in [0.15, 0.2) is 0 Å². The first kappa shape index (κ1) is 51.9. The van der Waals surface area contributed by atoms with Crippen molar-refractivity contribution in [2.45, 2.75) is 130 Å². The van der Waals surface area contributed by atoms with Crippen LogP contribution in [0.2, 0.25) is 0 Å². The van der Waals surface area contributed by atoms with Gasteiger partial charge >= 0.3 is 30.2 Å². The van der Waals surface area contributed by atoms with Gasteiger partial charge in [-0.15, -0.1) is 93.9 Å². The Morgan fingerprint density at radius 2 is 0.793 bits per heavy atom. The van der Waals surface area contributed by atoms with Crippen LogP contribution < -0.4 is 0 Å². The van der Waals surface area contributed by atoms with E-state index in [0.717, 1.165) is 0 Å². The standard InChI is InChI=1S/2C26H31.2CH3.2ClH.Si.Zr/c2*1-20-11-13-22(14-12-20)24-10-8-9-23-17-21(18-25(23)24)19-26(2)15-6-4-3-5-7-16-26;;;;;;/h2*8-14,17-18H,3-7,15-16,19H2,1-2H3;2*1H3;2*1H;;/q4*-1;;;;. The van der Waals surface area contributed by atoms with Crippen molar-refractivity contribution in [3.8, 4) is 22.3 Å². The van der Waals surface area contributed by atoms with Crippen molar-refractivity contribution in [1.29, 1.82) is 0 Å². The number of rotatable bonds is 6. The van der Waals surface area contributed by atoms with Gasteiger partial charge in [-0.25, -0.2) is 0 Å². The van der Waals surface area contributed by atoms with Gasteiger partial charge in [-0.2, -0.15) is 12.1 Å². The third kappa shape index (κ3) is 13.9. The average Bonchev–Trinajstić information content (AvgIpc) is 3.77. The first-order valence-corrected chi connectivity index (χ1v) is 25.2. The Bertz CT molecular complexity index is 1900. The summed E-state index contributed by atoms with van der Waals surface area (Å²) in [5.74, 6) is 0. The third-order valence-corrected chi connectivity index (χ3v) is 12.7. The fourth-order valence-electron chi connectivity index (χ4n) is 9.62. The number of fused-ring (bicyclic) bond motifs is 2. The summed E-state index contributed by atoms with van der Waals surface area (Å²) < 4.78 is 0. The molecule has 2 fully saturated rings. The van der Waals surface area contributed by atoms with Crippen LogP contribution in [-0.2, 0) is 36.2 Å². The van der Waals surface area contributed by atoms with Gasteiger partial charge in [0.1, 0.15) is 0 Å². The monoisotopic (exact) mass is 906 g/mol. The normalized spacial score (nSPS) is 16.0. The molecular weight excluding hydrogens is 839 g/mol. The van der Waals surface area contributed by atoms with E-state index in [0.29, 0.717) is 10.8 Å². The second kappa shape index (κ2) is 24.9.